The average molecular weight is 331 g/mol. The lowest BCUT2D eigenvalue weighted by molar-refractivity contribution is 0.0947. The van der Waals surface area contributed by atoms with Crippen LogP contribution in [0.25, 0.3) is 11.2 Å². The Morgan fingerprint density at radius 2 is 2.16 bits per heavy atom. The molecule has 6 heteroatoms. The number of carbonyl (C=O) groups is 1. The fraction of sp³-hybridized carbons (Fsp3) is 0.263. The summed E-state index contributed by atoms with van der Waals surface area (Å²) in [7, 11) is 0. The molecule has 0 radical (unpaired) electrons. The van der Waals surface area contributed by atoms with Gasteiger partial charge in [-0.15, -0.1) is 0 Å². The van der Waals surface area contributed by atoms with Crippen LogP contribution in [0.3, 0.4) is 0 Å². The molecule has 1 aromatic carbocycles. The minimum atomic E-state index is -0.598. The lowest BCUT2D eigenvalue weighted by atomic mass is 10.1. The van der Waals surface area contributed by atoms with E-state index in [0.717, 1.165) is 24.1 Å². The molecule has 0 aliphatic heterocycles. The Labute approximate surface area is 144 Å². The summed E-state index contributed by atoms with van der Waals surface area (Å²) in [6.07, 6.45) is 6.09. The second-order valence-corrected chi connectivity index (χ2v) is 6.31. The summed E-state index contributed by atoms with van der Waals surface area (Å²) in [4.78, 5) is 24.6. The molecular weight excluding hydrogens is 314 g/mol. The minimum absolute atomic E-state index is 0.309. The fourth-order valence-corrected chi connectivity index (χ4v) is 2.87. The van der Waals surface area contributed by atoms with E-state index in [-0.39, 0.29) is 5.91 Å². The van der Waals surface area contributed by atoms with Gasteiger partial charge >= 0.3 is 0 Å². The van der Waals surface area contributed by atoms with E-state index in [0.29, 0.717) is 29.1 Å². The van der Waals surface area contributed by atoms with Gasteiger partial charge < -0.3 is 10.3 Å². The maximum absolute atomic E-state index is 12.6. The Hall–Kier alpha value is -3.20. The summed E-state index contributed by atoms with van der Waals surface area (Å²) < 4.78 is 0. The van der Waals surface area contributed by atoms with Crippen LogP contribution in [0.2, 0.25) is 0 Å². The molecule has 1 amide bonds. The number of hydrogen-bond acceptors (Lipinski definition) is 4. The molecule has 1 unspecified atom stereocenters. The molecule has 1 saturated carbocycles. The van der Waals surface area contributed by atoms with Crippen molar-refractivity contribution >= 4 is 17.1 Å². The number of fused-ring (bicyclic) bond motifs is 1. The number of aromatic amines is 1. The van der Waals surface area contributed by atoms with Crippen LogP contribution in [-0.2, 0) is 6.42 Å². The zero-order valence-electron chi connectivity index (χ0n) is 13.6. The summed E-state index contributed by atoms with van der Waals surface area (Å²) >= 11 is 0. The monoisotopic (exact) mass is 331 g/mol. The summed E-state index contributed by atoms with van der Waals surface area (Å²) in [5, 5.41) is 12.2. The van der Waals surface area contributed by atoms with E-state index < -0.39 is 6.04 Å². The zero-order valence-corrected chi connectivity index (χ0v) is 13.6. The summed E-state index contributed by atoms with van der Waals surface area (Å²) in [5.74, 6) is 0.156. The van der Waals surface area contributed by atoms with Crippen molar-refractivity contribution in [1.29, 1.82) is 5.26 Å². The number of rotatable bonds is 5. The van der Waals surface area contributed by atoms with E-state index in [1.165, 1.54) is 0 Å². The summed E-state index contributed by atoms with van der Waals surface area (Å²) in [6, 6.07) is 11.2. The maximum Gasteiger partial charge on any atom is 0.256 e. The van der Waals surface area contributed by atoms with Crippen molar-refractivity contribution in [1.82, 2.24) is 20.3 Å². The van der Waals surface area contributed by atoms with Gasteiger partial charge in [-0.05, 0) is 18.4 Å². The highest BCUT2D eigenvalue weighted by Gasteiger charge is 2.26. The molecular formula is C19H17N5O. The molecule has 4 rings (SSSR count). The molecule has 0 bridgehead atoms. The van der Waals surface area contributed by atoms with Gasteiger partial charge in [-0.2, -0.15) is 5.26 Å². The first-order valence-electron chi connectivity index (χ1n) is 8.33. The summed E-state index contributed by atoms with van der Waals surface area (Å²) in [6.45, 7) is 0. The molecule has 3 aromatic rings. The van der Waals surface area contributed by atoms with E-state index in [9.17, 15) is 10.1 Å². The van der Waals surface area contributed by atoms with Gasteiger partial charge in [-0.25, -0.2) is 9.97 Å². The van der Waals surface area contributed by atoms with Gasteiger partial charge in [-0.1, -0.05) is 30.3 Å². The smallest absolute Gasteiger partial charge is 0.256 e. The van der Waals surface area contributed by atoms with E-state index in [1.54, 1.807) is 12.4 Å². The van der Waals surface area contributed by atoms with Crippen molar-refractivity contribution in [3.05, 3.63) is 59.5 Å². The number of benzene rings is 1. The number of carbonyl (C=O) groups excluding carboxylic acids is 1. The quantitative estimate of drug-likeness (QED) is 0.751. The molecule has 1 fully saturated rings. The third kappa shape index (κ3) is 3.22. The van der Waals surface area contributed by atoms with E-state index >= 15 is 0 Å². The van der Waals surface area contributed by atoms with Gasteiger partial charge in [0.05, 0.1) is 23.5 Å². The number of hydrogen-bond donors (Lipinski definition) is 2. The Morgan fingerprint density at radius 3 is 2.88 bits per heavy atom. The van der Waals surface area contributed by atoms with Gasteiger partial charge in [0.1, 0.15) is 11.6 Å². The topological polar surface area (TPSA) is 94.5 Å². The van der Waals surface area contributed by atoms with Crippen LogP contribution < -0.4 is 5.32 Å². The van der Waals surface area contributed by atoms with Crippen LogP contribution in [0.15, 0.2) is 42.7 Å². The number of nitriles is 1. The second kappa shape index (κ2) is 6.36. The molecule has 25 heavy (non-hydrogen) atoms. The Balaban J connectivity index is 1.54. The van der Waals surface area contributed by atoms with Gasteiger partial charge in [0, 0.05) is 18.5 Å². The number of nitrogens with one attached hydrogen (secondary N) is 2. The van der Waals surface area contributed by atoms with Crippen molar-refractivity contribution in [3.63, 3.8) is 0 Å². The van der Waals surface area contributed by atoms with Crippen LogP contribution in [-0.4, -0.2) is 26.9 Å². The first kappa shape index (κ1) is 15.3. The van der Waals surface area contributed by atoms with E-state index in [4.69, 9.17) is 0 Å². The maximum atomic E-state index is 12.6. The molecule has 1 aliphatic rings. The largest absolute Gasteiger partial charge is 0.344 e. The van der Waals surface area contributed by atoms with Crippen LogP contribution in [0.4, 0.5) is 0 Å². The second-order valence-electron chi connectivity index (χ2n) is 6.31. The molecule has 2 heterocycles. The predicted molar refractivity (Wildman–Crippen MR) is 92.9 cm³/mol. The van der Waals surface area contributed by atoms with E-state index in [1.807, 2.05) is 30.3 Å². The Bertz CT molecular complexity index is 953. The van der Waals surface area contributed by atoms with Crippen LogP contribution in [0.5, 0.6) is 0 Å². The lowest BCUT2D eigenvalue weighted by Crippen LogP contribution is -2.35. The number of H-pyrrole nitrogens is 1. The lowest BCUT2D eigenvalue weighted by Gasteiger charge is -2.11. The van der Waals surface area contributed by atoms with Crippen LogP contribution >= 0.6 is 0 Å². The first-order chi connectivity index (χ1) is 12.2. The SMILES string of the molecule is N#CC(Cc1ccccc1)NC(=O)c1c[nH]c2ncc(C3CC3)nc12. The molecule has 0 saturated heterocycles. The zero-order chi connectivity index (χ0) is 17.2. The highest BCUT2D eigenvalue weighted by molar-refractivity contribution is 6.04. The summed E-state index contributed by atoms with van der Waals surface area (Å²) in [5.41, 5.74) is 3.52. The molecule has 2 aromatic heterocycles. The van der Waals surface area contributed by atoms with Gasteiger partial charge in [0.25, 0.3) is 5.91 Å². The van der Waals surface area contributed by atoms with Crippen molar-refractivity contribution in [2.45, 2.75) is 31.2 Å². The normalized spacial score (nSPS) is 14.8. The van der Waals surface area contributed by atoms with Crippen molar-refractivity contribution < 1.29 is 4.79 Å². The highest BCUT2D eigenvalue weighted by atomic mass is 16.1. The Kier molecular flexibility index (Phi) is 3.90. The van der Waals surface area contributed by atoms with Gasteiger partial charge in [0.15, 0.2) is 5.65 Å². The standard InChI is InChI=1S/C19H17N5O/c20-9-14(8-12-4-2-1-3-5-12)23-19(25)15-10-21-18-17(15)24-16(11-22-18)13-6-7-13/h1-5,10-11,13-14H,6-8H2,(H,21,22)(H,23,25). The van der Waals surface area contributed by atoms with Crippen LogP contribution in [0.1, 0.15) is 40.4 Å². The third-order valence-electron chi connectivity index (χ3n) is 4.38. The molecule has 0 spiro atoms. The molecule has 1 aliphatic carbocycles. The average Bonchev–Trinajstić information content (AvgIpc) is 3.41. The van der Waals surface area contributed by atoms with E-state index in [2.05, 4.69) is 26.3 Å². The number of amides is 1. The fourth-order valence-electron chi connectivity index (χ4n) is 2.87. The van der Waals surface area contributed by atoms with Crippen molar-refractivity contribution in [3.8, 4) is 6.07 Å². The van der Waals surface area contributed by atoms with Crippen molar-refractivity contribution in [2.24, 2.45) is 0 Å². The molecule has 6 nitrogen and oxygen atoms in total. The molecule has 124 valence electrons. The predicted octanol–water partition coefficient (Wildman–Crippen LogP) is 2.70. The van der Waals surface area contributed by atoms with Crippen molar-refractivity contribution in [2.75, 3.05) is 0 Å². The minimum Gasteiger partial charge on any atom is -0.344 e. The number of aromatic nitrogens is 3. The Morgan fingerprint density at radius 1 is 1.36 bits per heavy atom. The van der Waals surface area contributed by atoms with Gasteiger partial charge in [0.2, 0.25) is 0 Å². The van der Waals surface area contributed by atoms with Crippen LogP contribution in [0, 0.1) is 11.3 Å². The molecule has 2 N–H and O–H groups in total. The number of nitrogens with zero attached hydrogens (tertiary/aromatic N) is 3. The first-order valence-corrected chi connectivity index (χ1v) is 8.33. The third-order valence-corrected chi connectivity index (χ3v) is 4.38. The molecule has 1 atom stereocenters. The van der Waals surface area contributed by atoms with Gasteiger partial charge in [-0.3, -0.25) is 4.79 Å². The highest BCUT2D eigenvalue weighted by Crippen LogP contribution is 2.39.